The van der Waals surface area contributed by atoms with Crippen molar-refractivity contribution in [2.24, 2.45) is 7.05 Å². The van der Waals surface area contributed by atoms with Crippen LogP contribution >= 0.6 is 0 Å². The van der Waals surface area contributed by atoms with Gasteiger partial charge in [0, 0.05) is 30.4 Å². The van der Waals surface area contributed by atoms with Gasteiger partial charge in [-0.05, 0) is 19.4 Å². The van der Waals surface area contributed by atoms with E-state index in [0.717, 1.165) is 5.56 Å². The van der Waals surface area contributed by atoms with Crippen LogP contribution in [0.5, 0.6) is 0 Å². The Morgan fingerprint density at radius 2 is 2.26 bits per heavy atom. The molecule has 1 heterocycles. The summed E-state index contributed by atoms with van der Waals surface area (Å²) in [7, 11) is 1.79. The van der Waals surface area contributed by atoms with E-state index >= 15 is 0 Å². The molecule has 2 N–H and O–H groups in total. The molecule has 19 heavy (non-hydrogen) atoms. The summed E-state index contributed by atoms with van der Waals surface area (Å²) in [6, 6.07) is 0. The molecule has 0 aliphatic heterocycles. The number of carboxylic acid groups (broad SMARTS) is 1. The second-order valence-electron chi connectivity index (χ2n) is 4.75. The van der Waals surface area contributed by atoms with Gasteiger partial charge in [-0.2, -0.15) is 5.10 Å². The van der Waals surface area contributed by atoms with Crippen LogP contribution in [0.3, 0.4) is 0 Å². The maximum atomic E-state index is 11.8. The van der Waals surface area contributed by atoms with Gasteiger partial charge in [0.05, 0.1) is 12.6 Å². The van der Waals surface area contributed by atoms with Crippen LogP contribution in [-0.2, 0) is 16.6 Å². The third-order valence-corrected chi connectivity index (χ3v) is 2.90. The number of hydrogen-bond acceptors (Lipinski definition) is 3. The first-order chi connectivity index (χ1) is 8.84. The van der Waals surface area contributed by atoms with Crippen LogP contribution in [0, 0.1) is 0 Å². The van der Waals surface area contributed by atoms with Crippen molar-refractivity contribution in [2.45, 2.75) is 32.2 Å². The number of aliphatic carboxylic acids is 1. The predicted molar refractivity (Wildman–Crippen MR) is 71.3 cm³/mol. The molecule has 1 unspecified atom stereocenters. The second-order valence-corrected chi connectivity index (χ2v) is 4.75. The Hall–Kier alpha value is -2.11. The van der Waals surface area contributed by atoms with Crippen LogP contribution < -0.4 is 5.32 Å². The molecule has 0 aromatic carbocycles. The summed E-state index contributed by atoms with van der Waals surface area (Å²) in [5.41, 5.74) is 0.0800. The molecule has 0 spiro atoms. The highest BCUT2D eigenvalue weighted by Gasteiger charge is 2.26. The number of carbonyl (C=O) groups is 2. The van der Waals surface area contributed by atoms with Crippen LogP contribution in [0.4, 0.5) is 0 Å². The molecule has 0 saturated carbocycles. The number of rotatable bonds is 6. The lowest BCUT2D eigenvalue weighted by molar-refractivity contribution is -0.138. The maximum Gasteiger partial charge on any atom is 0.305 e. The van der Waals surface area contributed by atoms with E-state index in [4.69, 9.17) is 5.11 Å². The SMILES string of the molecule is CCC(C)(CC(=O)O)NC(=O)/C=C/c1cnn(C)c1. The highest BCUT2D eigenvalue weighted by Crippen LogP contribution is 2.14. The predicted octanol–water partition coefficient (Wildman–Crippen LogP) is 1.19. The van der Waals surface area contributed by atoms with Gasteiger partial charge in [0.25, 0.3) is 0 Å². The van der Waals surface area contributed by atoms with Gasteiger partial charge in [-0.25, -0.2) is 0 Å². The number of carbonyl (C=O) groups excluding carboxylic acids is 1. The van der Waals surface area contributed by atoms with Crippen molar-refractivity contribution < 1.29 is 14.7 Å². The van der Waals surface area contributed by atoms with Crippen LogP contribution in [0.2, 0.25) is 0 Å². The zero-order valence-electron chi connectivity index (χ0n) is 11.4. The average molecular weight is 265 g/mol. The number of amides is 1. The topological polar surface area (TPSA) is 84.2 Å². The van der Waals surface area contributed by atoms with Crippen molar-refractivity contribution in [2.75, 3.05) is 0 Å². The quantitative estimate of drug-likeness (QED) is 0.757. The van der Waals surface area contributed by atoms with Crippen LogP contribution in [0.15, 0.2) is 18.5 Å². The minimum absolute atomic E-state index is 0.101. The minimum atomic E-state index is -0.930. The van der Waals surface area contributed by atoms with Crippen molar-refractivity contribution in [3.63, 3.8) is 0 Å². The molecule has 6 nitrogen and oxygen atoms in total. The molecule has 0 fully saturated rings. The zero-order chi connectivity index (χ0) is 14.5. The van der Waals surface area contributed by atoms with Crippen LogP contribution in [0.1, 0.15) is 32.3 Å². The smallest absolute Gasteiger partial charge is 0.305 e. The highest BCUT2D eigenvalue weighted by molar-refractivity contribution is 5.92. The Bertz CT molecular complexity index is 493. The van der Waals surface area contributed by atoms with Crippen LogP contribution in [-0.4, -0.2) is 32.3 Å². The van der Waals surface area contributed by atoms with Crippen molar-refractivity contribution in [1.29, 1.82) is 0 Å². The number of hydrogen-bond donors (Lipinski definition) is 2. The van der Waals surface area contributed by atoms with Crippen molar-refractivity contribution in [3.05, 3.63) is 24.0 Å². The third-order valence-electron chi connectivity index (χ3n) is 2.90. The lowest BCUT2D eigenvalue weighted by Crippen LogP contribution is -2.46. The molecule has 1 amide bonds. The van der Waals surface area contributed by atoms with E-state index in [0.29, 0.717) is 6.42 Å². The molecule has 0 radical (unpaired) electrons. The molecule has 6 heteroatoms. The van der Waals surface area contributed by atoms with Crippen molar-refractivity contribution in [3.8, 4) is 0 Å². The molecule has 1 aromatic rings. The van der Waals surface area contributed by atoms with Crippen molar-refractivity contribution in [1.82, 2.24) is 15.1 Å². The molecule has 1 aromatic heterocycles. The van der Waals surface area contributed by atoms with E-state index in [1.54, 1.807) is 37.1 Å². The number of nitrogens with one attached hydrogen (secondary N) is 1. The first kappa shape index (κ1) is 14.9. The zero-order valence-corrected chi connectivity index (χ0v) is 11.4. The molecular formula is C13H19N3O3. The molecule has 104 valence electrons. The first-order valence-corrected chi connectivity index (χ1v) is 6.05. The second kappa shape index (κ2) is 6.17. The van der Waals surface area contributed by atoms with E-state index in [9.17, 15) is 9.59 Å². The average Bonchev–Trinajstić information content (AvgIpc) is 2.71. The summed E-state index contributed by atoms with van der Waals surface area (Å²) in [6.45, 7) is 3.56. The molecular weight excluding hydrogens is 246 g/mol. The summed E-state index contributed by atoms with van der Waals surface area (Å²) in [5, 5.41) is 15.5. The van der Waals surface area contributed by atoms with E-state index in [-0.39, 0.29) is 12.3 Å². The van der Waals surface area contributed by atoms with Gasteiger partial charge in [-0.3, -0.25) is 14.3 Å². The molecule has 0 aliphatic carbocycles. The van der Waals surface area contributed by atoms with E-state index in [1.807, 2.05) is 6.92 Å². The molecule has 1 rings (SSSR count). The summed E-state index contributed by atoms with van der Waals surface area (Å²) in [6.07, 6.45) is 6.88. The van der Waals surface area contributed by atoms with Gasteiger partial charge < -0.3 is 10.4 Å². The minimum Gasteiger partial charge on any atom is -0.481 e. The Balaban J connectivity index is 2.63. The fourth-order valence-electron chi connectivity index (χ4n) is 1.63. The third kappa shape index (κ3) is 4.95. The Morgan fingerprint density at radius 1 is 1.58 bits per heavy atom. The lowest BCUT2D eigenvalue weighted by atomic mass is 9.94. The van der Waals surface area contributed by atoms with Crippen molar-refractivity contribution >= 4 is 18.0 Å². The summed E-state index contributed by atoms with van der Waals surface area (Å²) in [4.78, 5) is 22.5. The van der Waals surface area contributed by atoms with Gasteiger partial charge in [0.15, 0.2) is 0 Å². The largest absolute Gasteiger partial charge is 0.481 e. The number of nitrogens with zero attached hydrogens (tertiary/aromatic N) is 2. The standard InChI is InChI=1S/C13H19N3O3/c1-4-13(2,7-12(18)19)15-11(17)6-5-10-8-14-16(3)9-10/h5-6,8-9H,4,7H2,1-3H3,(H,15,17)(H,18,19)/b6-5+. The Morgan fingerprint density at radius 3 is 2.74 bits per heavy atom. The van der Waals surface area contributed by atoms with Crippen LogP contribution in [0.25, 0.3) is 6.08 Å². The first-order valence-electron chi connectivity index (χ1n) is 6.05. The maximum absolute atomic E-state index is 11.8. The highest BCUT2D eigenvalue weighted by atomic mass is 16.4. The fourth-order valence-corrected chi connectivity index (χ4v) is 1.63. The van der Waals surface area contributed by atoms with Gasteiger partial charge in [-0.15, -0.1) is 0 Å². The summed E-state index contributed by atoms with van der Waals surface area (Å²) in [5.74, 6) is -1.24. The number of carboxylic acids is 1. The van der Waals surface area contributed by atoms with Gasteiger partial charge in [0.2, 0.25) is 5.91 Å². The molecule has 0 aliphatic rings. The molecule has 1 atom stereocenters. The van der Waals surface area contributed by atoms with Gasteiger partial charge >= 0.3 is 5.97 Å². The lowest BCUT2D eigenvalue weighted by Gasteiger charge is -2.27. The van der Waals surface area contributed by atoms with E-state index in [1.165, 1.54) is 6.08 Å². The monoisotopic (exact) mass is 265 g/mol. The number of aryl methyl sites for hydroxylation is 1. The molecule has 0 saturated heterocycles. The summed E-state index contributed by atoms with van der Waals surface area (Å²) < 4.78 is 1.64. The van der Waals surface area contributed by atoms with Gasteiger partial charge in [0.1, 0.15) is 0 Å². The Labute approximate surface area is 112 Å². The normalized spacial score (nSPS) is 14.3. The Kier molecular flexibility index (Phi) is 4.86. The molecule has 0 bridgehead atoms. The summed E-state index contributed by atoms with van der Waals surface area (Å²) >= 11 is 0. The fraction of sp³-hybridized carbons (Fsp3) is 0.462. The van der Waals surface area contributed by atoms with E-state index < -0.39 is 11.5 Å². The van der Waals surface area contributed by atoms with Gasteiger partial charge in [-0.1, -0.05) is 6.92 Å². The van der Waals surface area contributed by atoms with E-state index in [2.05, 4.69) is 10.4 Å². The number of aromatic nitrogens is 2.